The number of amides is 2. The fourth-order valence-electron chi connectivity index (χ4n) is 1.46. The average Bonchev–Trinajstić information content (AvgIpc) is 2.35. The SMILES string of the molecule is C=CCNC(=O)CC(=O)NCc1ccccc1C. The maximum atomic E-state index is 11.5. The van der Waals surface area contributed by atoms with Gasteiger partial charge in [0.05, 0.1) is 0 Å². The van der Waals surface area contributed by atoms with Gasteiger partial charge in [0.1, 0.15) is 6.42 Å². The van der Waals surface area contributed by atoms with Crippen molar-refractivity contribution in [3.05, 3.63) is 48.0 Å². The van der Waals surface area contributed by atoms with Crippen molar-refractivity contribution < 1.29 is 9.59 Å². The topological polar surface area (TPSA) is 58.2 Å². The lowest BCUT2D eigenvalue weighted by Gasteiger charge is -2.07. The Labute approximate surface area is 107 Å². The fraction of sp³-hybridized carbons (Fsp3) is 0.286. The molecule has 0 unspecified atom stereocenters. The summed E-state index contributed by atoms with van der Waals surface area (Å²) in [6, 6.07) is 7.81. The van der Waals surface area contributed by atoms with Gasteiger partial charge in [0.25, 0.3) is 0 Å². The van der Waals surface area contributed by atoms with Gasteiger partial charge in [-0.25, -0.2) is 0 Å². The number of nitrogens with one attached hydrogen (secondary N) is 2. The molecule has 0 saturated carbocycles. The molecule has 1 aromatic rings. The van der Waals surface area contributed by atoms with Crippen LogP contribution in [0.25, 0.3) is 0 Å². The second-order valence-corrected chi connectivity index (χ2v) is 3.97. The van der Waals surface area contributed by atoms with Crippen molar-refractivity contribution >= 4 is 11.8 Å². The van der Waals surface area contributed by atoms with Crippen LogP contribution in [0.15, 0.2) is 36.9 Å². The lowest BCUT2D eigenvalue weighted by atomic mass is 10.1. The zero-order chi connectivity index (χ0) is 13.4. The zero-order valence-corrected chi connectivity index (χ0v) is 10.5. The van der Waals surface area contributed by atoms with Gasteiger partial charge < -0.3 is 10.6 Å². The van der Waals surface area contributed by atoms with Crippen LogP contribution in [0.4, 0.5) is 0 Å². The third-order valence-corrected chi connectivity index (χ3v) is 2.50. The van der Waals surface area contributed by atoms with Crippen molar-refractivity contribution in [3.8, 4) is 0 Å². The van der Waals surface area contributed by atoms with Crippen LogP contribution in [0, 0.1) is 6.92 Å². The molecule has 18 heavy (non-hydrogen) atoms. The first-order valence-corrected chi connectivity index (χ1v) is 5.82. The Balaban J connectivity index is 2.35. The Hall–Kier alpha value is -2.10. The first-order valence-electron chi connectivity index (χ1n) is 5.82. The molecule has 0 heterocycles. The van der Waals surface area contributed by atoms with Crippen LogP contribution in [0.5, 0.6) is 0 Å². The molecule has 2 N–H and O–H groups in total. The smallest absolute Gasteiger partial charge is 0.229 e. The van der Waals surface area contributed by atoms with Crippen LogP contribution < -0.4 is 10.6 Å². The van der Waals surface area contributed by atoms with Gasteiger partial charge >= 0.3 is 0 Å². The number of carbonyl (C=O) groups excluding carboxylic acids is 2. The van der Waals surface area contributed by atoms with Crippen molar-refractivity contribution in [1.82, 2.24) is 10.6 Å². The summed E-state index contributed by atoms with van der Waals surface area (Å²) in [5, 5.41) is 5.28. The quantitative estimate of drug-likeness (QED) is 0.587. The van der Waals surface area contributed by atoms with Crippen molar-refractivity contribution in [2.75, 3.05) is 6.54 Å². The molecule has 0 fully saturated rings. The summed E-state index contributed by atoms with van der Waals surface area (Å²) in [5.41, 5.74) is 2.17. The van der Waals surface area contributed by atoms with E-state index in [0.29, 0.717) is 13.1 Å². The van der Waals surface area contributed by atoms with E-state index < -0.39 is 0 Å². The monoisotopic (exact) mass is 246 g/mol. The molecular formula is C14H18N2O2. The minimum absolute atomic E-state index is 0.153. The summed E-state index contributed by atoms with van der Waals surface area (Å²) in [6.45, 7) is 6.29. The third kappa shape index (κ3) is 4.82. The highest BCUT2D eigenvalue weighted by Gasteiger charge is 2.08. The molecule has 4 nitrogen and oxygen atoms in total. The van der Waals surface area contributed by atoms with Crippen LogP contribution in [0.2, 0.25) is 0 Å². The van der Waals surface area contributed by atoms with E-state index in [2.05, 4.69) is 17.2 Å². The lowest BCUT2D eigenvalue weighted by Crippen LogP contribution is -2.31. The molecule has 0 bridgehead atoms. The van der Waals surface area contributed by atoms with E-state index in [-0.39, 0.29) is 18.2 Å². The third-order valence-electron chi connectivity index (χ3n) is 2.50. The molecule has 0 saturated heterocycles. The van der Waals surface area contributed by atoms with Crippen molar-refractivity contribution in [2.24, 2.45) is 0 Å². The van der Waals surface area contributed by atoms with E-state index in [9.17, 15) is 9.59 Å². The molecule has 4 heteroatoms. The van der Waals surface area contributed by atoms with Gasteiger partial charge in [-0.05, 0) is 18.1 Å². The standard InChI is InChI=1S/C14H18N2O2/c1-3-8-15-13(17)9-14(18)16-10-12-7-5-4-6-11(12)2/h3-7H,1,8-10H2,2H3,(H,15,17)(H,16,18). The van der Waals surface area contributed by atoms with Gasteiger partial charge in [0, 0.05) is 13.1 Å². The highest BCUT2D eigenvalue weighted by Crippen LogP contribution is 2.05. The maximum Gasteiger partial charge on any atom is 0.229 e. The molecule has 0 aromatic heterocycles. The van der Waals surface area contributed by atoms with Crippen LogP contribution in [0.1, 0.15) is 17.5 Å². The van der Waals surface area contributed by atoms with E-state index >= 15 is 0 Å². The van der Waals surface area contributed by atoms with Crippen LogP contribution in [-0.2, 0) is 16.1 Å². The largest absolute Gasteiger partial charge is 0.352 e. The van der Waals surface area contributed by atoms with Gasteiger partial charge in [-0.3, -0.25) is 9.59 Å². The molecule has 0 atom stereocenters. The molecule has 1 rings (SSSR count). The summed E-state index contributed by atoms with van der Waals surface area (Å²) < 4.78 is 0. The molecule has 96 valence electrons. The molecular weight excluding hydrogens is 228 g/mol. The molecule has 0 aliphatic rings. The number of hydrogen-bond acceptors (Lipinski definition) is 2. The van der Waals surface area contributed by atoms with Crippen molar-refractivity contribution in [1.29, 1.82) is 0 Å². The van der Waals surface area contributed by atoms with Gasteiger partial charge in [-0.1, -0.05) is 30.3 Å². The van der Waals surface area contributed by atoms with Crippen LogP contribution in [-0.4, -0.2) is 18.4 Å². The van der Waals surface area contributed by atoms with E-state index in [0.717, 1.165) is 11.1 Å². The molecule has 0 aliphatic carbocycles. The zero-order valence-electron chi connectivity index (χ0n) is 10.5. The van der Waals surface area contributed by atoms with Crippen molar-refractivity contribution in [3.63, 3.8) is 0 Å². The van der Waals surface area contributed by atoms with Crippen LogP contribution in [0.3, 0.4) is 0 Å². The van der Waals surface area contributed by atoms with E-state index in [1.165, 1.54) is 0 Å². The first-order chi connectivity index (χ1) is 8.63. The second kappa shape index (κ2) is 7.27. The molecule has 1 aromatic carbocycles. The first kappa shape index (κ1) is 14.0. The van der Waals surface area contributed by atoms with Gasteiger partial charge in [0.15, 0.2) is 0 Å². The Bertz CT molecular complexity index is 441. The van der Waals surface area contributed by atoms with E-state index in [1.54, 1.807) is 6.08 Å². The number of aryl methyl sites for hydroxylation is 1. The lowest BCUT2D eigenvalue weighted by molar-refractivity contribution is -0.129. The summed E-state index contributed by atoms with van der Waals surface area (Å²) in [7, 11) is 0. The summed E-state index contributed by atoms with van der Waals surface area (Å²) in [5.74, 6) is -0.572. The Morgan fingerprint density at radius 2 is 1.89 bits per heavy atom. The van der Waals surface area contributed by atoms with Gasteiger partial charge in [-0.15, -0.1) is 6.58 Å². The Morgan fingerprint density at radius 3 is 2.56 bits per heavy atom. The van der Waals surface area contributed by atoms with Gasteiger partial charge in [0.2, 0.25) is 11.8 Å². The Morgan fingerprint density at radius 1 is 1.22 bits per heavy atom. The number of hydrogen-bond donors (Lipinski definition) is 2. The molecule has 0 radical (unpaired) electrons. The normalized spacial score (nSPS) is 9.61. The fourth-order valence-corrected chi connectivity index (χ4v) is 1.46. The average molecular weight is 246 g/mol. The second-order valence-electron chi connectivity index (χ2n) is 3.97. The highest BCUT2D eigenvalue weighted by molar-refractivity contribution is 5.96. The maximum absolute atomic E-state index is 11.5. The minimum Gasteiger partial charge on any atom is -0.352 e. The van der Waals surface area contributed by atoms with Crippen molar-refractivity contribution in [2.45, 2.75) is 19.9 Å². The van der Waals surface area contributed by atoms with E-state index in [4.69, 9.17) is 0 Å². The van der Waals surface area contributed by atoms with E-state index in [1.807, 2.05) is 31.2 Å². The predicted octanol–water partition coefficient (Wildman–Crippen LogP) is 1.30. The number of benzene rings is 1. The summed E-state index contributed by atoms with van der Waals surface area (Å²) in [6.07, 6.45) is 1.42. The summed E-state index contributed by atoms with van der Waals surface area (Å²) in [4.78, 5) is 22.8. The summed E-state index contributed by atoms with van der Waals surface area (Å²) >= 11 is 0. The Kier molecular flexibility index (Phi) is 5.64. The molecule has 0 spiro atoms. The highest BCUT2D eigenvalue weighted by atomic mass is 16.2. The predicted molar refractivity (Wildman–Crippen MR) is 70.8 cm³/mol. The van der Waals surface area contributed by atoms with Crippen LogP contribution >= 0.6 is 0 Å². The molecule has 0 aliphatic heterocycles. The minimum atomic E-state index is -0.294. The van der Waals surface area contributed by atoms with Gasteiger partial charge in [-0.2, -0.15) is 0 Å². The molecule has 2 amide bonds. The number of rotatable bonds is 6. The number of carbonyl (C=O) groups is 2.